The van der Waals surface area contributed by atoms with Crippen molar-refractivity contribution in [3.05, 3.63) is 94.5 Å². The molecule has 0 bridgehead atoms. The van der Waals surface area contributed by atoms with Gasteiger partial charge in [0.05, 0.1) is 2.74 Å². The van der Waals surface area contributed by atoms with Gasteiger partial charge in [-0.25, -0.2) is 4.99 Å². The van der Waals surface area contributed by atoms with E-state index in [1.165, 1.54) is 10.4 Å². The number of fused-ring (bicyclic) bond motifs is 3. The first kappa shape index (κ1) is 24.4. The van der Waals surface area contributed by atoms with Crippen molar-refractivity contribution in [1.82, 2.24) is 0 Å². The van der Waals surface area contributed by atoms with Crippen LogP contribution in [0.4, 0.5) is 0 Å². The highest BCUT2D eigenvalue weighted by atomic mass is 79.9. The van der Waals surface area contributed by atoms with Gasteiger partial charge < -0.3 is 14.9 Å². The van der Waals surface area contributed by atoms with E-state index in [1.807, 2.05) is 12.1 Å². The molecular formula is C33H39BrN2O2Si. The van der Waals surface area contributed by atoms with Crippen LogP contribution in [-0.4, -0.2) is 27.0 Å². The van der Waals surface area contributed by atoms with Crippen molar-refractivity contribution in [2.24, 2.45) is 22.1 Å². The number of nitrogens with zero attached hydrogens (tertiary/aromatic N) is 1. The molecule has 6 rings (SSSR count). The maximum Gasteiger partial charge on any atom is 0.283 e. The summed E-state index contributed by atoms with van der Waals surface area (Å²) in [6.45, 7) is 7.17. The van der Waals surface area contributed by atoms with Crippen molar-refractivity contribution in [2.45, 2.75) is 70.1 Å². The van der Waals surface area contributed by atoms with Gasteiger partial charge in [0, 0.05) is 16.0 Å². The molecule has 0 radical (unpaired) electrons. The predicted molar refractivity (Wildman–Crippen MR) is 165 cm³/mol. The van der Waals surface area contributed by atoms with E-state index >= 15 is 0 Å². The molecule has 0 saturated heterocycles. The number of benzene rings is 3. The van der Waals surface area contributed by atoms with E-state index in [2.05, 4.69) is 110 Å². The van der Waals surface area contributed by atoms with Gasteiger partial charge in [0.1, 0.15) is 12.1 Å². The molecule has 6 heteroatoms. The molecule has 2 N–H and O–H groups in total. The summed E-state index contributed by atoms with van der Waals surface area (Å²) in [5.74, 6) is 0.174. The van der Waals surface area contributed by atoms with Crippen LogP contribution in [-0.2, 0) is 21.1 Å². The van der Waals surface area contributed by atoms with Gasteiger partial charge in [0.2, 0.25) is 0 Å². The lowest BCUT2D eigenvalue weighted by molar-refractivity contribution is -0.0187. The van der Waals surface area contributed by atoms with Crippen LogP contribution < -0.4 is 16.1 Å². The third kappa shape index (κ3) is 4.13. The van der Waals surface area contributed by atoms with E-state index < -0.39 is 25.8 Å². The first-order valence-corrected chi connectivity index (χ1v) is 16.7. The van der Waals surface area contributed by atoms with Crippen LogP contribution in [0.1, 0.15) is 60.8 Å². The van der Waals surface area contributed by atoms with Crippen molar-refractivity contribution in [3.8, 4) is 0 Å². The van der Waals surface area contributed by atoms with Crippen LogP contribution in [0, 0.1) is 11.3 Å². The van der Waals surface area contributed by atoms with Crippen molar-refractivity contribution in [1.29, 1.82) is 0 Å². The van der Waals surface area contributed by atoms with Crippen molar-refractivity contribution >= 4 is 40.6 Å². The van der Waals surface area contributed by atoms with Crippen LogP contribution in [0.25, 0.3) is 0 Å². The zero-order valence-electron chi connectivity index (χ0n) is 25.2. The Hall–Kier alpha value is -2.41. The van der Waals surface area contributed by atoms with Gasteiger partial charge in [-0.1, -0.05) is 110 Å². The monoisotopic (exact) mass is 604 g/mol. The molecule has 1 fully saturated rings. The highest BCUT2D eigenvalue weighted by Gasteiger charge is 2.63. The molecule has 0 aromatic heterocycles. The number of hydrogen-bond acceptors (Lipinski definition) is 4. The average Bonchev–Trinajstić information content (AvgIpc) is 3.33. The Balaban J connectivity index is 1.42. The fourth-order valence-corrected chi connectivity index (χ4v) is 12.8. The molecule has 3 aromatic carbocycles. The second-order valence-electron chi connectivity index (χ2n) is 12.7. The summed E-state index contributed by atoms with van der Waals surface area (Å²) in [7, 11) is -2.73. The van der Waals surface area contributed by atoms with E-state index in [0.717, 1.165) is 41.3 Å². The third-order valence-electron chi connectivity index (χ3n) is 9.34. The number of aliphatic imine (C=N–C) groups is 1. The summed E-state index contributed by atoms with van der Waals surface area (Å²) in [5, 5.41) is 2.44. The van der Waals surface area contributed by atoms with Gasteiger partial charge in [-0.3, -0.25) is 0 Å². The summed E-state index contributed by atoms with van der Waals surface area (Å²) < 4.78 is 32.3. The molecular weight excluding hydrogens is 564 g/mol. The van der Waals surface area contributed by atoms with Gasteiger partial charge in [0.25, 0.3) is 14.3 Å². The van der Waals surface area contributed by atoms with Gasteiger partial charge in [0.15, 0.2) is 0 Å². The Bertz CT molecular complexity index is 1440. The Kier molecular flexibility index (Phi) is 6.00. The maximum atomic E-state index is 9.10. The maximum absolute atomic E-state index is 9.10. The highest BCUT2D eigenvalue weighted by molar-refractivity contribution is 9.10. The summed E-state index contributed by atoms with van der Waals surface area (Å²) >= 11 is 3.62. The fourth-order valence-electron chi connectivity index (χ4n) is 7.63. The predicted octanol–water partition coefficient (Wildman–Crippen LogP) is 6.30. The quantitative estimate of drug-likeness (QED) is 0.356. The molecule has 1 heterocycles. The number of nitrogens with two attached hydrogens (primary N) is 1. The molecule has 1 aliphatic heterocycles. The lowest BCUT2D eigenvalue weighted by Crippen LogP contribution is -2.68. The first-order chi connectivity index (χ1) is 19.4. The van der Waals surface area contributed by atoms with E-state index in [9.17, 15) is 0 Å². The molecule has 204 valence electrons. The Morgan fingerprint density at radius 3 is 2.23 bits per heavy atom. The van der Waals surface area contributed by atoms with Gasteiger partial charge in [-0.2, -0.15) is 0 Å². The molecule has 3 aliphatic rings. The van der Waals surface area contributed by atoms with E-state index in [1.54, 1.807) is 0 Å². The molecule has 0 amide bonds. The summed E-state index contributed by atoms with van der Waals surface area (Å²) in [5.41, 5.74) is 6.48. The Labute approximate surface area is 245 Å². The molecule has 39 heavy (non-hydrogen) atoms. The smallest absolute Gasteiger partial charge is 0.283 e. The minimum atomic E-state index is -2.73. The molecule has 2 spiro atoms. The van der Waals surface area contributed by atoms with Gasteiger partial charge >= 0.3 is 0 Å². The Morgan fingerprint density at radius 1 is 1.05 bits per heavy atom. The van der Waals surface area contributed by atoms with Crippen LogP contribution in [0.15, 0.2) is 88.3 Å². The largest absolute Gasteiger partial charge is 0.462 e. The number of hydrogen-bond donors (Lipinski definition) is 1. The molecule has 4 nitrogen and oxygen atoms in total. The number of halogens is 1. The normalized spacial score (nSPS) is 30.4. The molecule has 1 saturated carbocycles. The first-order valence-electron chi connectivity index (χ1n) is 15.0. The number of ether oxygens (including phenoxy) is 1. The summed E-state index contributed by atoms with van der Waals surface area (Å²) in [6.07, 6.45) is 3.11. The second-order valence-corrected chi connectivity index (χ2v) is 17.8. The van der Waals surface area contributed by atoms with Crippen LogP contribution in [0.3, 0.4) is 0 Å². The molecule has 1 unspecified atom stereocenters. The highest BCUT2D eigenvalue weighted by Crippen LogP contribution is 2.62. The average molecular weight is 606 g/mol. The van der Waals surface area contributed by atoms with Gasteiger partial charge in [-0.15, -0.1) is 0 Å². The number of amidine groups is 1. The van der Waals surface area contributed by atoms with E-state index in [0.29, 0.717) is 0 Å². The van der Waals surface area contributed by atoms with E-state index in [4.69, 9.17) is 22.6 Å². The van der Waals surface area contributed by atoms with E-state index in [-0.39, 0.29) is 23.1 Å². The SMILES string of the molecule is [2H]C1([2H])OC(N)=NC12c1cc(Br)ccc1C[C@@]21CC[C@H](O[Si](c2ccccc2)(c2ccccc2)C(C)(C)C)[C@@H](C)C1. The lowest BCUT2D eigenvalue weighted by atomic mass is 9.59. The number of rotatable bonds is 4. The standard InChI is InChI=1S/C33H39BrN2O2Si/c1-23-20-32(21-24-15-16-25(34)19-28(24)33(32)22-37-30(35)36-33)18-17-29(23)38-39(31(2,3)4,26-11-7-5-8-12-26)27-13-9-6-10-14-27/h5-16,19,23,29H,17-18,20-22H2,1-4H3,(H2,35,36)/t23-,29-,32-,33?/m0/s1/i22D2. The Morgan fingerprint density at radius 2 is 1.69 bits per heavy atom. The molecule has 4 atom stereocenters. The fraction of sp³-hybridized carbons (Fsp3) is 0.424. The summed E-state index contributed by atoms with van der Waals surface area (Å²) in [6, 6.07) is 27.7. The van der Waals surface area contributed by atoms with Gasteiger partial charge in [-0.05, 0) is 70.3 Å². The zero-order chi connectivity index (χ0) is 29.3. The zero-order valence-corrected chi connectivity index (χ0v) is 25.8. The summed E-state index contributed by atoms with van der Waals surface area (Å²) in [4.78, 5) is 4.84. The van der Waals surface area contributed by atoms with Crippen molar-refractivity contribution < 1.29 is 11.9 Å². The minimum absolute atomic E-state index is 0.0222. The van der Waals surface area contributed by atoms with Crippen molar-refractivity contribution in [3.63, 3.8) is 0 Å². The van der Waals surface area contributed by atoms with Crippen LogP contribution >= 0.6 is 15.9 Å². The minimum Gasteiger partial charge on any atom is -0.462 e. The topological polar surface area (TPSA) is 56.8 Å². The second kappa shape index (κ2) is 9.60. The molecule has 3 aromatic rings. The van der Waals surface area contributed by atoms with Crippen LogP contribution in [0.2, 0.25) is 5.04 Å². The third-order valence-corrected chi connectivity index (χ3v) is 14.9. The van der Waals surface area contributed by atoms with Crippen LogP contribution in [0.5, 0.6) is 0 Å². The van der Waals surface area contributed by atoms with Crippen molar-refractivity contribution in [2.75, 3.05) is 6.56 Å². The lowest BCUT2D eigenvalue weighted by Gasteiger charge is -2.52. The molecule has 2 aliphatic carbocycles.